The summed E-state index contributed by atoms with van der Waals surface area (Å²) in [5, 5.41) is 31.8. The number of nitrogens with one attached hydrogen (secondary N) is 3. The Morgan fingerprint density at radius 1 is 1.10 bits per heavy atom. The van der Waals surface area contributed by atoms with Gasteiger partial charge in [0.05, 0.1) is 50.3 Å². The molecular formula is C27H22Cl2FN9S. The average Bonchev–Trinajstić information content (AvgIpc) is 3.68. The van der Waals surface area contributed by atoms with Crippen molar-refractivity contribution in [1.82, 2.24) is 30.3 Å². The fourth-order valence-electron chi connectivity index (χ4n) is 4.78. The molecule has 0 unspecified atom stereocenters. The van der Waals surface area contributed by atoms with Crippen molar-refractivity contribution in [3.8, 4) is 6.07 Å². The van der Waals surface area contributed by atoms with Gasteiger partial charge >= 0.3 is 0 Å². The van der Waals surface area contributed by atoms with Crippen LogP contribution in [0.3, 0.4) is 0 Å². The monoisotopic (exact) mass is 593 g/mol. The summed E-state index contributed by atoms with van der Waals surface area (Å²) < 4.78 is 15.7. The molecule has 5 aromatic rings. The fourth-order valence-corrected chi connectivity index (χ4v) is 5.81. The van der Waals surface area contributed by atoms with Gasteiger partial charge in [-0.25, -0.2) is 14.1 Å². The van der Waals surface area contributed by atoms with Crippen LogP contribution in [0.1, 0.15) is 41.9 Å². The van der Waals surface area contributed by atoms with Crippen LogP contribution in [0.2, 0.25) is 10.0 Å². The highest BCUT2D eigenvalue weighted by Gasteiger charge is 2.24. The van der Waals surface area contributed by atoms with Crippen molar-refractivity contribution in [2.24, 2.45) is 0 Å². The van der Waals surface area contributed by atoms with Gasteiger partial charge in [0, 0.05) is 28.3 Å². The van der Waals surface area contributed by atoms with Gasteiger partial charge in [-0.15, -0.1) is 16.4 Å². The predicted octanol–water partition coefficient (Wildman–Crippen LogP) is 6.47. The topological polar surface area (TPSA) is 116 Å². The Labute approximate surface area is 243 Å². The van der Waals surface area contributed by atoms with Crippen LogP contribution >= 0.6 is 34.5 Å². The molecule has 0 saturated carbocycles. The molecule has 4 heterocycles. The molecule has 6 rings (SSSR count). The molecule has 1 saturated heterocycles. The predicted molar refractivity (Wildman–Crippen MR) is 155 cm³/mol. The minimum atomic E-state index is -0.535. The maximum absolute atomic E-state index is 13.8. The van der Waals surface area contributed by atoms with Crippen molar-refractivity contribution in [3.63, 3.8) is 0 Å². The lowest BCUT2D eigenvalue weighted by molar-refractivity contribution is 0.337. The van der Waals surface area contributed by atoms with E-state index in [1.54, 1.807) is 17.6 Å². The molecule has 1 aliphatic heterocycles. The maximum atomic E-state index is 13.8. The third kappa shape index (κ3) is 5.31. The fraction of sp³-hybridized carbons (Fsp3) is 0.222. The second kappa shape index (κ2) is 11.3. The first-order chi connectivity index (χ1) is 19.5. The number of fused-ring (bicyclic) bond motifs is 1. The van der Waals surface area contributed by atoms with Gasteiger partial charge in [0.15, 0.2) is 0 Å². The van der Waals surface area contributed by atoms with Gasteiger partial charge in [0.25, 0.3) is 0 Å². The Bertz CT molecular complexity index is 1710. The molecule has 3 N–H and O–H groups in total. The van der Waals surface area contributed by atoms with E-state index < -0.39 is 11.9 Å². The van der Waals surface area contributed by atoms with Crippen LogP contribution < -0.4 is 16.0 Å². The number of hydrogen-bond acceptors (Lipinski definition) is 9. The van der Waals surface area contributed by atoms with Crippen LogP contribution in [-0.2, 0) is 0 Å². The maximum Gasteiger partial charge on any atom is 0.141 e. The lowest BCUT2D eigenvalue weighted by Crippen LogP contribution is -2.29. The minimum Gasteiger partial charge on any atom is -0.371 e. The number of piperidine rings is 1. The summed E-state index contributed by atoms with van der Waals surface area (Å²) in [6.07, 6.45) is 5.39. The Morgan fingerprint density at radius 3 is 2.67 bits per heavy atom. The SMILES string of the molecule is N#Cc1cnc2c(Cl)cc(N[C@@H](c3cscn3)c3cn(C4CCNCC4)nn3)cc2c1Nc1ccc(F)c(Cl)c1. The number of nitriles is 1. The normalized spacial score (nSPS) is 14.7. The van der Waals surface area contributed by atoms with Gasteiger partial charge in [-0.3, -0.25) is 4.98 Å². The third-order valence-electron chi connectivity index (χ3n) is 6.80. The van der Waals surface area contributed by atoms with Crippen LogP contribution in [-0.4, -0.2) is 38.1 Å². The second-order valence-corrected chi connectivity index (χ2v) is 10.9. The zero-order valence-corrected chi connectivity index (χ0v) is 23.2. The summed E-state index contributed by atoms with van der Waals surface area (Å²) in [7, 11) is 0. The van der Waals surface area contributed by atoms with Gasteiger partial charge in [-0.2, -0.15) is 5.26 Å². The van der Waals surface area contributed by atoms with E-state index in [9.17, 15) is 9.65 Å². The molecule has 1 fully saturated rings. The number of rotatable bonds is 7. The highest BCUT2D eigenvalue weighted by molar-refractivity contribution is 7.07. The van der Waals surface area contributed by atoms with Crippen molar-refractivity contribution in [2.75, 3.05) is 23.7 Å². The first-order valence-electron chi connectivity index (χ1n) is 12.5. The molecular weight excluding hydrogens is 572 g/mol. The zero-order valence-electron chi connectivity index (χ0n) is 20.9. The Balaban J connectivity index is 1.39. The molecule has 202 valence electrons. The minimum absolute atomic E-state index is 0.0362. The van der Waals surface area contributed by atoms with E-state index in [1.807, 2.05) is 22.3 Å². The third-order valence-corrected chi connectivity index (χ3v) is 7.98. The van der Waals surface area contributed by atoms with Crippen LogP contribution in [0.25, 0.3) is 10.9 Å². The van der Waals surface area contributed by atoms with Gasteiger partial charge in [-0.05, 0) is 56.3 Å². The summed E-state index contributed by atoms with van der Waals surface area (Å²) in [6, 6.07) is 9.96. The van der Waals surface area contributed by atoms with E-state index in [0.717, 1.165) is 37.3 Å². The number of pyridine rings is 1. The summed E-state index contributed by atoms with van der Waals surface area (Å²) >= 11 is 14.2. The Hall–Kier alpha value is -3.82. The number of hydrogen-bond donors (Lipinski definition) is 3. The van der Waals surface area contributed by atoms with Gasteiger partial charge < -0.3 is 16.0 Å². The van der Waals surface area contributed by atoms with Crippen LogP contribution in [0.4, 0.5) is 21.5 Å². The van der Waals surface area contributed by atoms with E-state index in [1.165, 1.54) is 29.7 Å². The standard InChI is InChI=1S/C27H22Cl2FN9S/c28-20-8-16(1-2-22(20)30)35-25-15(10-31)11-33-26-19(25)7-17(9-21(26)29)36-27(24-13-40-14-34-24)23-12-39(38-37-23)18-3-5-32-6-4-18/h1-2,7-9,11-14,18,27,32,36H,3-6H2,(H,33,35)/t27-/m1/s1. The molecule has 0 spiro atoms. The summed E-state index contributed by atoms with van der Waals surface area (Å²) in [4.78, 5) is 8.96. The molecule has 3 aromatic heterocycles. The molecule has 0 bridgehead atoms. The lowest BCUT2D eigenvalue weighted by Gasteiger charge is -2.22. The highest BCUT2D eigenvalue weighted by atomic mass is 35.5. The smallest absolute Gasteiger partial charge is 0.141 e. The van der Waals surface area contributed by atoms with Gasteiger partial charge in [0.1, 0.15) is 23.6 Å². The molecule has 2 aromatic carbocycles. The Kier molecular flexibility index (Phi) is 7.49. The van der Waals surface area contributed by atoms with Gasteiger partial charge in [0.2, 0.25) is 0 Å². The average molecular weight is 595 g/mol. The number of anilines is 3. The molecule has 1 aliphatic rings. The number of halogens is 3. The summed E-state index contributed by atoms with van der Waals surface area (Å²) in [6.45, 7) is 1.89. The van der Waals surface area contributed by atoms with Crippen LogP contribution in [0, 0.1) is 17.1 Å². The molecule has 1 atom stereocenters. The molecule has 9 nitrogen and oxygen atoms in total. The van der Waals surface area contributed by atoms with Crippen LogP contribution in [0.5, 0.6) is 0 Å². The van der Waals surface area contributed by atoms with Crippen molar-refractivity contribution >= 4 is 62.5 Å². The number of thiazole rings is 1. The number of nitrogens with zero attached hydrogens (tertiary/aromatic N) is 6. The molecule has 0 amide bonds. The lowest BCUT2D eigenvalue weighted by atomic mass is 10.1. The van der Waals surface area contributed by atoms with Crippen molar-refractivity contribution in [2.45, 2.75) is 24.9 Å². The molecule has 0 radical (unpaired) electrons. The van der Waals surface area contributed by atoms with Gasteiger partial charge in [-0.1, -0.05) is 28.4 Å². The van der Waals surface area contributed by atoms with E-state index in [4.69, 9.17) is 23.2 Å². The van der Waals surface area contributed by atoms with E-state index in [2.05, 4.69) is 42.3 Å². The highest BCUT2D eigenvalue weighted by Crippen LogP contribution is 2.37. The number of benzene rings is 2. The summed E-state index contributed by atoms with van der Waals surface area (Å²) in [5.74, 6) is -0.535. The molecule has 40 heavy (non-hydrogen) atoms. The van der Waals surface area contributed by atoms with E-state index in [-0.39, 0.29) is 11.1 Å². The second-order valence-electron chi connectivity index (χ2n) is 9.36. The first-order valence-corrected chi connectivity index (χ1v) is 14.2. The zero-order chi connectivity index (χ0) is 27.6. The summed E-state index contributed by atoms with van der Waals surface area (Å²) in [5.41, 5.74) is 5.75. The van der Waals surface area contributed by atoms with E-state index >= 15 is 0 Å². The first kappa shape index (κ1) is 26.4. The number of aromatic nitrogens is 5. The van der Waals surface area contributed by atoms with E-state index in [0.29, 0.717) is 38.6 Å². The largest absolute Gasteiger partial charge is 0.371 e. The van der Waals surface area contributed by atoms with Crippen molar-refractivity contribution in [1.29, 1.82) is 5.26 Å². The quantitative estimate of drug-likeness (QED) is 0.196. The van der Waals surface area contributed by atoms with Crippen LogP contribution in [0.15, 0.2) is 53.6 Å². The molecule has 13 heteroatoms. The van der Waals surface area contributed by atoms with Crippen molar-refractivity contribution < 1.29 is 4.39 Å². The Morgan fingerprint density at radius 2 is 1.93 bits per heavy atom. The molecule has 0 aliphatic carbocycles. The van der Waals surface area contributed by atoms with Crippen molar-refractivity contribution in [3.05, 3.63) is 86.4 Å².